The molecule has 1 atom stereocenters. The second-order valence-electron chi connectivity index (χ2n) is 7.71. The van der Waals surface area contributed by atoms with E-state index in [1.165, 1.54) is 0 Å². The Kier molecular flexibility index (Phi) is 6.11. The molecule has 4 nitrogen and oxygen atoms in total. The number of rotatable bonds is 2. The topological polar surface area (TPSA) is 51.3 Å². The van der Waals surface area contributed by atoms with Crippen molar-refractivity contribution in [2.24, 2.45) is 11.1 Å². The van der Waals surface area contributed by atoms with Crippen LogP contribution in [-0.2, 0) is 0 Å². The van der Waals surface area contributed by atoms with Crippen molar-refractivity contribution in [2.75, 3.05) is 13.1 Å². The highest BCUT2D eigenvalue weighted by atomic mass is 35.5. The van der Waals surface area contributed by atoms with E-state index in [-0.39, 0.29) is 29.8 Å². The standard InChI is InChI=1S/C20H26ClN3O.ClH/c1-13-11-17(14(2)24(13)16-7-5-15(21)6-8-16)19(25)23-10-9-18(22)20(3,4)12-23;/h5-8,11,18H,9-10,12,22H2,1-4H3;1H. The van der Waals surface area contributed by atoms with E-state index in [1.807, 2.05) is 49.1 Å². The van der Waals surface area contributed by atoms with Crippen molar-refractivity contribution < 1.29 is 4.79 Å². The smallest absolute Gasteiger partial charge is 0.255 e. The van der Waals surface area contributed by atoms with Gasteiger partial charge in [0, 0.05) is 41.2 Å². The largest absolute Gasteiger partial charge is 0.338 e. The van der Waals surface area contributed by atoms with E-state index in [1.54, 1.807) is 0 Å². The summed E-state index contributed by atoms with van der Waals surface area (Å²) in [5.41, 5.74) is 9.92. The van der Waals surface area contributed by atoms with Crippen LogP contribution in [0.4, 0.5) is 0 Å². The van der Waals surface area contributed by atoms with Crippen LogP contribution in [0.25, 0.3) is 5.69 Å². The van der Waals surface area contributed by atoms with Gasteiger partial charge in [-0.1, -0.05) is 25.4 Å². The Balaban J connectivity index is 0.00000243. The molecule has 1 aromatic carbocycles. The average Bonchev–Trinajstić information content (AvgIpc) is 2.85. The zero-order valence-corrected chi connectivity index (χ0v) is 17.3. The van der Waals surface area contributed by atoms with E-state index in [2.05, 4.69) is 18.4 Å². The number of amides is 1. The molecule has 26 heavy (non-hydrogen) atoms. The number of aryl methyl sites for hydroxylation is 1. The lowest BCUT2D eigenvalue weighted by Gasteiger charge is -2.42. The molecule has 3 rings (SSSR count). The molecule has 0 saturated carbocycles. The maximum atomic E-state index is 13.1. The summed E-state index contributed by atoms with van der Waals surface area (Å²) in [5.74, 6) is 0.0910. The second kappa shape index (κ2) is 7.63. The molecule has 1 amide bonds. The number of likely N-dealkylation sites (tertiary alicyclic amines) is 1. The van der Waals surface area contributed by atoms with E-state index < -0.39 is 0 Å². The van der Waals surface area contributed by atoms with Gasteiger partial charge in [-0.25, -0.2) is 0 Å². The maximum Gasteiger partial charge on any atom is 0.255 e. The third kappa shape index (κ3) is 3.78. The Hall–Kier alpha value is -1.49. The van der Waals surface area contributed by atoms with Crippen molar-refractivity contribution in [2.45, 2.75) is 40.2 Å². The SMILES string of the molecule is Cc1cc(C(=O)N2CCC(N)C(C)(C)C2)c(C)n1-c1ccc(Cl)cc1.Cl. The first-order valence-corrected chi connectivity index (χ1v) is 9.08. The Bertz CT molecular complexity index is 796. The summed E-state index contributed by atoms with van der Waals surface area (Å²) in [6.07, 6.45) is 0.842. The normalized spacial score (nSPS) is 19.2. The molecule has 0 bridgehead atoms. The second-order valence-corrected chi connectivity index (χ2v) is 8.14. The number of nitrogens with two attached hydrogens (primary N) is 1. The zero-order chi connectivity index (χ0) is 18.4. The molecule has 0 aliphatic carbocycles. The summed E-state index contributed by atoms with van der Waals surface area (Å²) in [6.45, 7) is 9.69. The fourth-order valence-corrected chi connectivity index (χ4v) is 3.81. The van der Waals surface area contributed by atoms with Crippen LogP contribution in [0, 0.1) is 19.3 Å². The molecule has 2 heterocycles. The molecule has 1 unspecified atom stereocenters. The van der Waals surface area contributed by atoms with Crippen molar-refractivity contribution in [3.63, 3.8) is 0 Å². The minimum atomic E-state index is -0.0599. The van der Waals surface area contributed by atoms with Gasteiger partial charge in [0.2, 0.25) is 0 Å². The van der Waals surface area contributed by atoms with Gasteiger partial charge in [-0.05, 0) is 56.0 Å². The predicted molar refractivity (Wildman–Crippen MR) is 110 cm³/mol. The lowest BCUT2D eigenvalue weighted by Crippen LogP contribution is -2.54. The van der Waals surface area contributed by atoms with Crippen molar-refractivity contribution in [3.8, 4) is 5.69 Å². The van der Waals surface area contributed by atoms with Crippen molar-refractivity contribution in [1.82, 2.24) is 9.47 Å². The number of hydrogen-bond donors (Lipinski definition) is 1. The van der Waals surface area contributed by atoms with Crippen molar-refractivity contribution in [1.29, 1.82) is 0 Å². The molecular weight excluding hydrogens is 369 g/mol. The third-order valence-corrected chi connectivity index (χ3v) is 5.60. The number of hydrogen-bond acceptors (Lipinski definition) is 2. The number of piperidine rings is 1. The van der Waals surface area contributed by atoms with Crippen LogP contribution < -0.4 is 5.73 Å². The van der Waals surface area contributed by atoms with Crippen LogP contribution in [0.5, 0.6) is 0 Å². The van der Waals surface area contributed by atoms with Gasteiger partial charge in [0.25, 0.3) is 5.91 Å². The van der Waals surface area contributed by atoms with Crippen molar-refractivity contribution in [3.05, 3.63) is 52.3 Å². The fourth-order valence-electron chi connectivity index (χ4n) is 3.68. The third-order valence-electron chi connectivity index (χ3n) is 5.35. The minimum absolute atomic E-state index is 0. The monoisotopic (exact) mass is 395 g/mol. The minimum Gasteiger partial charge on any atom is -0.338 e. The van der Waals surface area contributed by atoms with Gasteiger partial charge in [0.05, 0.1) is 5.56 Å². The molecule has 2 aromatic rings. The van der Waals surface area contributed by atoms with E-state index in [9.17, 15) is 4.79 Å². The average molecular weight is 396 g/mol. The quantitative estimate of drug-likeness (QED) is 0.820. The molecule has 6 heteroatoms. The first-order chi connectivity index (χ1) is 11.7. The summed E-state index contributed by atoms with van der Waals surface area (Å²) in [6, 6.07) is 9.79. The lowest BCUT2D eigenvalue weighted by molar-refractivity contribution is 0.0532. The molecule has 2 N–H and O–H groups in total. The summed E-state index contributed by atoms with van der Waals surface area (Å²) < 4.78 is 2.10. The first kappa shape index (κ1) is 20.8. The number of carbonyl (C=O) groups is 1. The van der Waals surface area contributed by atoms with Crippen LogP contribution in [0.2, 0.25) is 5.02 Å². The Morgan fingerprint density at radius 2 is 1.85 bits per heavy atom. The number of aromatic nitrogens is 1. The van der Waals surface area contributed by atoms with Gasteiger partial charge >= 0.3 is 0 Å². The van der Waals surface area contributed by atoms with Gasteiger partial charge in [-0.15, -0.1) is 12.4 Å². The highest BCUT2D eigenvalue weighted by molar-refractivity contribution is 6.30. The molecule has 1 aromatic heterocycles. The number of nitrogens with zero attached hydrogens (tertiary/aromatic N) is 2. The fraction of sp³-hybridized carbons (Fsp3) is 0.450. The molecule has 0 spiro atoms. The van der Waals surface area contributed by atoms with Crippen LogP contribution in [0.1, 0.15) is 42.0 Å². The van der Waals surface area contributed by atoms with Gasteiger partial charge in [-0.3, -0.25) is 4.79 Å². The number of benzene rings is 1. The van der Waals surface area contributed by atoms with E-state index >= 15 is 0 Å². The van der Waals surface area contributed by atoms with E-state index in [0.717, 1.165) is 29.1 Å². The zero-order valence-electron chi connectivity index (χ0n) is 15.8. The van der Waals surface area contributed by atoms with Crippen LogP contribution in [0.3, 0.4) is 0 Å². The molecule has 1 fully saturated rings. The van der Waals surface area contributed by atoms with Crippen LogP contribution in [0.15, 0.2) is 30.3 Å². The summed E-state index contributed by atoms with van der Waals surface area (Å²) >= 11 is 5.99. The summed E-state index contributed by atoms with van der Waals surface area (Å²) in [4.78, 5) is 15.1. The highest BCUT2D eigenvalue weighted by Crippen LogP contribution is 2.30. The van der Waals surface area contributed by atoms with Gasteiger partial charge < -0.3 is 15.2 Å². The Labute approximate surface area is 166 Å². The van der Waals surface area contributed by atoms with Crippen LogP contribution >= 0.6 is 24.0 Å². The molecular formula is C20H27Cl2N3O. The lowest BCUT2D eigenvalue weighted by atomic mass is 9.79. The Morgan fingerprint density at radius 3 is 2.42 bits per heavy atom. The maximum absolute atomic E-state index is 13.1. The number of carbonyl (C=O) groups excluding carboxylic acids is 1. The predicted octanol–water partition coefficient (Wildman–Crippen LogP) is 4.37. The molecule has 0 radical (unpaired) electrons. The van der Waals surface area contributed by atoms with Gasteiger partial charge in [-0.2, -0.15) is 0 Å². The highest BCUT2D eigenvalue weighted by Gasteiger charge is 2.36. The summed E-state index contributed by atoms with van der Waals surface area (Å²) in [7, 11) is 0. The first-order valence-electron chi connectivity index (χ1n) is 8.70. The van der Waals surface area contributed by atoms with Gasteiger partial charge in [0.1, 0.15) is 0 Å². The van der Waals surface area contributed by atoms with E-state index in [4.69, 9.17) is 17.3 Å². The number of halogens is 2. The molecule has 142 valence electrons. The van der Waals surface area contributed by atoms with Crippen molar-refractivity contribution >= 4 is 29.9 Å². The van der Waals surface area contributed by atoms with E-state index in [0.29, 0.717) is 18.1 Å². The summed E-state index contributed by atoms with van der Waals surface area (Å²) in [5, 5.41) is 0.703. The van der Waals surface area contributed by atoms with Gasteiger partial charge in [0.15, 0.2) is 0 Å². The molecule has 1 saturated heterocycles. The molecule has 1 aliphatic heterocycles. The van der Waals surface area contributed by atoms with Crippen LogP contribution in [-0.4, -0.2) is 34.5 Å². The Morgan fingerprint density at radius 1 is 1.23 bits per heavy atom. The molecule has 1 aliphatic rings.